The van der Waals surface area contributed by atoms with Crippen LogP contribution in [0.3, 0.4) is 0 Å². The molecule has 0 radical (unpaired) electrons. The molecule has 5 heteroatoms. The van der Waals surface area contributed by atoms with Crippen LogP contribution in [0.15, 0.2) is 12.5 Å². The van der Waals surface area contributed by atoms with Crippen LogP contribution in [-0.2, 0) is 11.2 Å². The van der Waals surface area contributed by atoms with Crippen LogP contribution < -0.4 is 5.73 Å². The van der Waals surface area contributed by atoms with E-state index in [-0.39, 0.29) is 5.92 Å². The molecule has 1 aliphatic rings. The monoisotopic (exact) mass is 293 g/mol. The molecule has 0 spiro atoms. The molecule has 21 heavy (non-hydrogen) atoms. The second-order valence-corrected chi connectivity index (χ2v) is 6.40. The van der Waals surface area contributed by atoms with Crippen molar-refractivity contribution in [1.82, 2.24) is 9.55 Å². The highest BCUT2D eigenvalue weighted by Crippen LogP contribution is 2.31. The highest BCUT2D eigenvalue weighted by atomic mass is 16.4. The topological polar surface area (TPSA) is 81.1 Å². The van der Waals surface area contributed by atoms with Crippen LogP contribution in [0.4, 0.5) is 0 Å². The lowest BCUT2D eigenvalue weighted by atomic mass is 9.87. The molecule has 1 heterocycles. The third-order valence-corrected chi connectivity index (χ3v) is 4.62. The second-order valence-electron chi connectivity index (χ2n) is 6.40. The smallest absolute Gasteiger partial charge is 0.306 e. The van der Waals surface area contributed by atoms with E-state index in [1.807, 2.05) is 12.5 Å². The molecule has 0 aromatic carbocycles. The molecule has 1 aromatic heterocycles. The Morgan fingerprint density at radius 1 is 1.48 bits per heavy atom. The predicted molar refractivity (Wildman–Crippen MR) is 82.0 cm³/mol. The molecule has 1 fully saturated rings. The summed E-state index contributed by atoms with van der Waals surface area (Å²) in [5.74, 6) is -0.287. The van der Waals surface area contributed by atoms with E-state index in [4.69, 9.17) is 5.73 Å². The van der Waals surface area contributed by atoms with Gasteiger partial charge in [0.15, 0.2) is 0 Å². The zero-order valence-corrected chi connectivity index (χ0v) is 12.9. The molecule has 1 saturated carbocycles. The lowest BCUT2D eigenvalue weighted by Gasteiger charge is -2.26. The molecule has 3 N–H and O–H groups in total. The van der Waals surface area contributed by atoms with Gasteiger partial charge in [-0.05, 0) is 51.0 Å². The SMILES string of the molecule is C[C@H]1CC[C@H](n2cnc(C[C@H](CCCN)C(=O)O)c2)CC1. The number of nitrogens with zero attached hydrogens (tertiary/aromatic N) is 2. The normalized spacial score (nSPS) is 23.9. The van der Waals surface area contributed by atoms with Crippen LogP contribution in [0.5, 0.6) is 0 Å². The highest BCUT2D eigenvalue weighted by molar-refractivity contribution is 5.70. The summed E-state index contributed by atoms with van der Waals surface area (Å²) in [7, 11) is 0. The van der Waals surface area contributed by atoms with Crippen LogP contribution in [0.2, 0.25) is 0 Å². The highest BCUT2D eigenvalue weighted by Gasteiger charge is 2.22. The average Bonchev–Trinajstić information content (AvgIpc) is 2.92. The molecule has 1 aliphatic carbocycles. The molecule has 5 nitrogen and oxygen atoms in total. The number of hydrogen-bond donors (Lipinski definition) is 2. The van der Waals surface area contributed by atoms with Gasteiger partial charge in [-0.1, -0.05) is 6.92 Å². The molecule has 0 unspecified atom stereocenters. The first kappa shape index (κ1) is 16.0. The van der Waals surface area contributed by atoms with Crippen molar-refractivity contribution < 1.29 is 9.90 Å². The Kier molecular flexibility index (Phi) is 5.79. The maximum absolute atomic E-state index is 11.3. The fourth-order valence-corrected chi connectivity index (χ4v) is 3.15. The van der Waals surface area contributed by atoms with Crippen molar-refractivity contribution in [2.24, 2.45) is 17.6 Å². The molecule has 118 valence electrons. The second kappa shape index (κ2) is 7.59. The number of aliphatic carboxylic acids is 1. The van der Waals surface area contributed by atoms with Crippen molar-refractivity contribution in [2.45, 2.75) is 57.9 Å². The van der Waals surface area contributed by atoms with E-state index in [0.717, 1.165) is 18.0 Å². The van der Waals surface area contributed by atoms with E-state index >= 15 is 0 Å². The van der Waals surface area contributed by atoms with E-state index < -0.39 is 5.97 Å². The molecule has 0 aliphatic heterocycles. The summed E-state index contributed by atoms with van der Waals surface area (Å²) in [6.45, 7) is 2.85. The van der Waals surface area contributed by atoms with Crippen molar-refractivity contribution in [3.05, 3.63) is 18.2 Å². The van der Waals surface area contributed by atoms with E-state index in [9.17, 15) is 9.90 Å². The largest absolute Gasteiger partial charge is 0.481 e. The van der Waals surface area contributed by atoms with Gasteiger partial charge >= 0.3 is 5.97 Å². The van der Waals surface area contributed by atoms with Gasteiger partial charge in [-0.25, -0.2) is 4.98 Å². The first-order valence-corrected chi connectivity index (χ1v) is 8.05. The number of aromatic nitrogens is 2. The fraction of sp³-hybridized carbons (Fsp3) is 0.750. The van der Waals surface area contributed by atoms with Crippen molar-refractivity contribution in [2.75, 3.05) is 6.54 Å². The van der Waals surface area contributed by atoms with E-state index in [1.54, 1.807) is 0 Å². The van der Waals surface area contributed by atoms with E-state index in [1.165, 1.54) is 25.7 Å². The van der Waals surface area contributed by atoms with Gasteiger partial charge in [-0.2, -0.15) is 0 Å². The van der Waals surface area contributed by atoms with Crippen LogP contribution in [0, 0.1) is 11.8 Å². The third-order valence-electron chi connectivity index (χ3n) is 4.62. The number of nitrogens with two attached hydrogens (primary N) is 1. The van der Waals surface area contributed by atoms with Gasteiger partial charge < -0.3 is 15.4 Å². The first-order valence-electron chi connectivity index (χ1n) is 8.05. The molecular weight excluding hydrogens is 266 g/mol. The quantitative estimate of drug-likeness (QED) is 0.809. The molecule has 0 saturated heterocycles. The van der Waals surface area contributed by atoms with Gasteiger partial charge in [0.05, 0.1) is 17.9 Å². The summed E-state index contributed by atoms with van der Waals surface area (Å²) in [6, 6.07) is 0.537. The van der Waals surface area contributed by atoms with Crippen LogP contribution in [-0.4, -0.2) is 27.2 Å². The van der Waals surface area contributed by atoms with Gasteiger partial charge in [-0.3, -0.25) is 4.79 Å². The van der Waals surface area contributed by atoms with Crippen LogP contribution in [0.1, 0.15) is 57.2 Å². The molecular formula is C16H27N3O2. The number of carbonyl (C=O) groups is 1. The predicted octanol–water partition coefficient (Wildman–Crippen LogP) is 2.62. The molecule has 2 rings (SSSR count). The third kappa shape index (κ3) is 4.56. The Hall–Kier alpha value is -1.36. The van der Waals surface area contributed by atoms with Gasteiger partial charge in [0.1, 0.15) is 0 Å². The first-order chi connectivity index (χ1) is 10.1. The summed E-state index contributed by atoms with van der Waals surface area (Å²) < 4.78 is 2.18. The number of hydrogen-bond acceptors (Lipinski definition) is 3. The molecule has 0 amide bonds. The van der Waals surface area contributed by atoms with Gasteiger partial charge in [0.2, 0.25) is 0 Å². The summed E-state index contributed by atoms with van der Waals surface area (Å²) in [5, 5.41) is 9.27. The summed E-state index contributed by atoms with van der Waals surface area (Å²) in [5.41, 5.74) is 6.36. The van der Waals surface area contributed by atoms with Crippen LogP contribution in [0.25, 0.3) is 0 Å². The van der Waals surface area contributed by atoms with Gasteiger partial charge in [-0.15, -0.1) is 0 Å². The number of imidazole rings is 1. The van der Waals surface area contributed by atoms with Crippen molar-refractivity contribution in [1.29, 1.82) is 0 Å². The number of carboxylic acids is 1. The summed E-state index contributed by atoms with van der Waals surface area (Å²) >= 11 is 0. The van der Waals surface area contributed by atoms with E-state index in [2.05, 4.69) is 16.5 Å². The minimum Gasteiger partial charge on any atom is -0.481 e. The Morgan fingerprint density at radius 2 is 2.19 bits per heavy atom. The lowest BCUT2D eigenvalue weighted by molar-refractivity contribution is -0.142. The number of rotatable bonds is 7. The number of carboxylic acid groups (broad SMARTS) is 1. The summed E-state index contributed by atoms with van der Waals surface area (Å²) in [6.07, 6.45) is 10.7. The Balaban J connectivity index is 1.93. The Morgan fingerprint density at radius 3 is 2.81 bits per heavy atom. The maximum atomic E-state index is 11.3. The van der Waals surface area contributed by atoms with Crippen molar-refractivity contribution in [3.8, 4) is 0 Å². The minimum absolute atomic E-state index is 0.372. The zero-order chi connectivity index (χ0) is 15.2. The fourth-order valence-electron chi connectivity index (χ4n) is 3.15. The lowest BCUT2D eigenvalue weighted by Crippen LogP contribution is -2.18. The maximum Gasteiger partial charge on any atom is 0.306 e. The van der Waals surface area contributed by atoms with Crippen molar-refractivity contribution >= 4 is 5.97 Å². The Labute approximate surface area is 126 Å². The van der Waals surface area contributed by atoms with Crippen molar-refractivity contribution in [3.63, 3.8) is 0 Å². The summed E-state index contributed by atoms with van der Waals surface area (Å²) in [4.78, 5) is 15.7. The standard InChI is InChI=1S/C16H27N3O2/c1-12-4-6-15(7-5-12)19-10-14(18-11-19)9-13(16(20)21)3-2-8-17/h10-13,15H,2-9,17H2,1H3,(H,20,21)/t12-,13-,15-/m0/s1. The molecule has 0 bridgehead atoms. The molecule has 1 atom stereocenters. The average molecular weight is 293 g/mol. The van der Waals surface area contributed by atoms with Crippen LogP contribution >= 0.6 is 0 Å². The van der Waals surface area contributed by atoms with Gasteiger partial charge in [0.25, 0.3) is 0 Å². The Bertz CT molecular complexity index is 450. The van der Waals surface area contributed by atoms with E-state index in [0.29, 0.717) is 25.4 Å². The minimum atomic E-state index is -0.746. The molecule has 1 aromatic rings. The zero-order valence-electron chi connectivity index (χ0n) is 12.9. The van der Waals surface area contributed by atoms with Gasteiger partial charge in [0, 0.05) is 18.7 Å².